The van der Waals surface area contributed by atoms with E-state index in [4.69, 9.17) is 17.3 Å². The van der Waals surface area contributed by atoms with E-state index < -0.39 is 0 Å². The van der Waals surface area contributed by atoms with Gasteiger partial charge in [0.15, 0.2) is 0 Å². The van der Waals surface area contributed by atoms with E-state index in [0.29, 0.717) is 6.54 Å². The van der Waals surface area contributed by atoms with Gasteiger partial charge < -0.3 is 5.73 Å². The minimum Gasteiger partial charge on any atom is -0.330 e. The zero-order chi connectivity index (χ0) is 13.1. The van der Waals surface area contributed by atoms with Gasteiger partial charge in [-0.2, -0.15) is 5.10 Å². The number of hydrogen-bond acceptors (Lipinski definition) is 3. The van der Waals surface area contributed by atoms with Gasteiger partial charge >= 0.3 is 0 Å². The van der Waals surface area contributed by atoms with Crippen molar-refractivity contribution in [2.45, 2.75) is 23.3 Å². The first-order valence-corrected chi connectivity index (χ1v) is 6.97. The number of aromatic nitrogens is 2. The normalized spacial score (nSPS) is 10.9. The first kappa shape index (κ1) is 13.5. The lowest BCUT2D eigenvalue weighted by atomic mass is 10.1. The van der Waals surface area contributed by atoms with Gasteiger partial charge in [0.1, 0.15) is 0 Å². The Kier molecular flexibility index (Phi) is 4.32. The maximum atomic E-state index is 6.23. The molecule has 2 N–H and O–H groups in total. The highest BCUT2D eigenvalue weighted by molar-refractivity contribution is 7.99. The molecule has 18 heavy (non-hydrogen) atoms. The highest BCUT2D eigenvalue weighted by Crippen LogP contribution is 2.34. The van der Waals surface area contributed by atoms with Crippen LogP contribution in [0.25, 0.3) is 0 Å². The first-order valence-electron chi connectivity index (χ1n) is 5.77. The molecule has 1 heterocycles. The number of hydrogen-bond donors (Lipinski definition) is 1. The molecule has 0 aliphatic rings. The van der Waals surface area contributed by atoms with Gasteiger partial charge in [0, 0.05) is 17.0 Å². The Bertz CT molecular complexity index is 551. The molecule has 2 rings (SSSR count). The van der Waals surface area contributed by atoms with Crippen LogP contribution >= 0.6 is 23.4 Å². The molecule has 3 nitrogen and oxygen atoms in total. The molecule has 0 spiro atoms. The van der Waals surface area contributed by atoms with Crippen LogP contribution < -0.4 is 5.73 Å². The molecule has 0 saturated heterocycles. The average Bonchev–Trinajstić information content (AvgIpc) is 2.62. The molecule has 0 amide bonds. The number of nitrogens with zero attached hydrogens (tertiary/aromatic N) is 2. The fourth-order valence-corrected chi connectivity index (χ4v) is 3.25. The molecular formula is C13H16ClN3S. The lowest BCUT2D eigenvalue weighted by Crippen LogP contribution is -2.04. The van der Waals surface area contributed by atoms with Crippen molar-refractivity contribution in [3.63, 3.8) is 0 Å². The highest BCUT2D eigenvalue weighted by Gasteiger charge is 2.10. The van der Waals surface area contributed by atoms with E-state index in [0.717, 1.165) is 32.6 Å². The third kappa shape index (κ3) is 2.88. The predicted molar refractivity (Wildman–Crippen MR) is 76.3 cm³/mol. The van der Waals surface area contributed by atoms with Crippen molar-refractivity contribution in [3.8, 4) is 0 Å². The lowest BCUT2D eigenvalue weighted by Gasteiger charge is -2.10. The van der Waals surface area contributed by atoms with E-state index in [1.165, 1.54) is 0 Å². The van der Waals surface area contributed by atoms with E-state index in [9.17, 15) is 0 Å². The van der Waals surface area contributed by atoms with Crippen LogP contribution in [0.1, 0.15) is 11.3 Å². The topological polar surface area (TPSA) is 43.8 Å². The summed E-state index contributed by atoms with van der Waals surface area (Å²) in [5.74, 6) is 0. The van der Waals surface area contributed by atoms with Crippen molar-refractivity contribution < 1.29 is 0 Å². The number of rotatable bonds is 4. The number of nitrogens with two attached hydrogens (primary N) is 1. The van der Waals surface area contributed by atoms with Gasteiger partial charge in [-0.3, -0.25) is 4.68 Å². The van der Waals surface area contributed by atoms with Gasteiger partial charge in [0.05, 0.1) is 10.7 Å². The van der Waals surface area contributed by atoms with Crippen molar-refractivity contribution in [3.05, 3.63) is 40.5 Å². The highest BCUT2D eigenvalue weighted by atomic mass is 35.5. The van der Waals surface area contributed by atoms with Crippen LogP contribution in [0.3, 0.4) is 0 Å². The Labute approximate surface area is 116 Å². The van der Waals surface area contributed by atoms with Crippen LogP contribution in [0, 0.1) is 6.92 Å². The molecule has 0 fully saturated rings. The average molecular weight is 282 g/mol. The molecule has 1 aromatic carbocycles. The molecule has 96 valence electrons. The second-order valence-corrected chi connectivity index (χ2v) is 5.57. The Morgan fingerprint density at radius 2 is 2.22 bits per heavy atom. The second-order valence-electron chi connectivity index (χ2n) is 4.10. The SMILES string of the molecule is Cc1cc(Sc2cccc(Cl)c2CCN)n(C)n1. The first-order chi connectivity index (χ1) is 8.61. The van der Waals surface area contributed by atoms with Crippen LogP contribution in [0.2, 0.25) is 5.02 Å². The maximum Gasteiger partial charge on any atom is 0.0987 e. The molecule has 0 saturated carbocycles. The van der Waals surface area contributed by atoms with Gasteiger partial charge in [0.2, 0.25) is 0 Å². The Morgan fingerprint density at radius 3 is 2.83 bits per heavy atom. The molecule has 0 unspecified atom stereocenters. The number of benzene rings is 1. The van der Waals surface area contributed by atoms with Gasteiger partial charge in [-0.25, -0.2) is 0 Å². The van der Waals surface area contributed by atoms with Gasteiger partial charge in [0.25, 0.3) is 0 Å². The Hall–Kier alpha value is -0.970. The summed E-state index contributed by atoms with van der Waals surface area (Å²) in [6.45, 7) is 2.59. The summed E-state index contributed by atoms with van der Waals surface area (Å²) in [5.41, 5.74) is 7.77. The quantitative estimate of drug-likeness (QED) is 0.937. The summed E-state index contributed by atoms with van der Waals surface area (Å²) in [6, 6.07) is 8.01. The molecule has 0 aliphatic heterocycles. The monoisotopic (exact) mass is 281 g/mol. The summed E-state index contributed by atoms with van der Waals surface area (Å²) in [6.07, 6.45) is 0.791. The van der Waals surface area contributed by atoms with Crippen molar-refractivity contribution in [2.24, 2.45) is 12.8 Å². The zero-order valence-electron chi connectivity index (χ0n) is 10.5. The maximum absolute atomic E-state index is 6.23. The Balaban J connectivity index is 2.34. The van der Waals surface area contributed by atoms with Crippen LogP contribution in [-0.4, -0.2) is 16.3 Å². The van der Waals surface area contributed by atoms with Gasteiger partial charge in [-0.05, 0) is 43.7 Å². The van der Waals surface area contributed by atoms with Crippen LogP contribution in [-0.2, 0) is 13.5 Å². The molecule has 0 bridgehead atoms. The molecule has 0 radical (unpaired) electrons. The van der Waals surface area contributed by atoms with E-state index in [1.807, 2.05) is 30.8 Å². The number of aryl methyl sites for hydroxylation is 2. The van der Waals surface area contributed by atoms with E-state index in [1.54, 1.807) is 11.8 Å². The smallest absolute Gasteiger partial charge is 0.0987 e. The van der Waals surface area contributed by atoms with Crippen LogP contribution in [0.5, 0.6) is 0 Å². The van der Waals surface area contributed by atoms with E-state index >= 15 is 0 Å². The fourth-order valence-electron chi connectivity index (χ4n) is 1.82. The van der Waals surface area contributed by atoms with Gasteiger partial charge in [-0.15, -0.1) is 0 Å². The Morgan fingerprint density at radius 1 is 1.44 bits per heavy atom. The molecule has 2 aromatic rings. The molecule has 0 aliphatic carbocycles. The minimum atomic E-state index is 0.599. The summed E-state index contributed by atoms with van der Waals surface area (Å²) in [7, 11) is 1.95. The third-order valence-electron chi connectivity index (χ3n) is 2.64. The molecule has 0 atom stereocenters. The standard InChI is InChI=1S/C13H16ClN3S/c1-9-8-13(17(2)16-9)18-12-5-3-4-11(14)10(12)6-7-15/h3-5,8H,6-7,15H2,1-2H3. The predicted octanol–water partition coefficient (Wildman–Crippen LogP) is 3.03. The fraction of sp³-hybridized carbons (Fsp3) is 0.308. The van der Waals surface area contributed by atoms with Crippen molar-refractivity contribution >= 4 is 23.4 Å². The van der Waals surface area contributed by atoms with E-state index in [2.05, 4.69) is 17.2 Å². The largest absolute Gasteiger partial charge is 0.330 e. The van der Waals surface area contributed by atoms with Crippen molar-refractivity contribution in [1.29, 1.82) is 0 Å². The number of halogens is 1. The van der Waals surface area contributed by atoms with Crippen molar-refractivity contribution in [2.75, 3.05) is 6.54 Å². The van der Waals surface area contributed by atoms with Crippen molar-refractivity contribution in [1.82, 2.24) is 9.78 Å². The van der Waals surface area contributed by atoms with E-state index in [-0.39, 0.29) is 0 Å². The molecular weight excluding hydrogens is 266 g/mol. The summed E-state index contributed by atoms with van der Waals surface area (Å²) in [5, 5.41) is 6.23. The summed E-state index contributed by atoms with van der Waals surface area (Å²) < 4.78 is 1.88. The second kappa shape index (κ2) is 5.78. The summed E-state index contributed by atoms with van der Waals surface area (Å²) >= 11 is 7.90. The van der Waals surface area contributed by atoms with Gasteiger partial charge in [-0.1, -0.05) is 29.4 Å². The third-order valence-corrected chi connectivity index (χ3v) is 4.19. The molecule has 1 aromatic heterocycles. The van der Waals surface area contributed by atoms with Crippen LogP contribution in [0.15, 0.2) is 34.2 Å². The zero-order valence-corrected chi connectivity index (χ0v) is 12.1. The molecule has 5 heteroatoms. The lowest BCUT2D eigenvalue weighted by molar-refractivity contribution is 0.692. The van der Waals surface area contributed by atoms with Crippen LogP contribution in [0.4, 0.5) is 0 Å². The minimum absolute atomic E-state index is 0.599. The summed E-state index contributed by atoms with van der Waals surface area (Å²) in [4.78, 5) is 1.15.